The number of ketones is 1. The van der Waals surface area contributed by atoms with Crippen molar-refractivity contribution in [2.75, 3.05) is 13.2 Å². The number of esters is 1. The molecular formula is C21H20N2O6. The Morgan fingerprint density at radius 3 is 2.41 bits per heavy atom. The normalized spacial score (nSPS) is 10.9. The number of hydrogen-bond acceptors (Lipinski definition) is 6. The second-order valence-corrected chi connectivity index (χ2v) is 6.10. The lowest BCUT2D eigenvalue weighted by Crippen LogP contribution is -2.09. The zero-order chi connectivity index (χ0) is 21.6. The van der Waals surface area contributed by atoms with Gasteiger partial charge in [0.05, 0.1) is 17.9 Å². The molecule has 0 aliphatic rings. The number of ether oxygens (including phenoxy) is 2. The van der Waals surface area contributed by atoms with E-state index in [4.69, 9.17) is 14.6 Å². The number of nitrogens with one attached hydrogen (secondary N) is 1. The first-order valence-electron chi connectivity index (χ1n) is 8.75. The molecule has 0 saturated carbocycles. The smallest absolute Gasteiger partial charge is 0.341 e. The van der Waals surface area contributed by atoms with Crippen LogP contribution in [-0.2, 0) is 9.53 Å². The fourth-order valence-corrected chi connectivity index (χ4v) is 2.74. The van der Waals surface area contributed by atoms with Crippen LogP contribution >= 0.6 is 0 Å². The van der Waals surface area contributed by atoms with E-state index >= 15 is 0 Å². The molecule has 0 aliphatic carbocycles. The number of aryl methyl sites for hydroxylation is 1. The Labute approximate surface area is 167 Å². The van der Waals surface area contributed by atoms with Crippen LogP contribution < -0.4 is 4.74 Å². The molecule has 0 aliphatic heterocycles. The summed E-state index contributed by atoms with van der Waals surface area (Å²) in [6.45, 7) is 4.71. The Morgan fingerprint density at radius 1 is 1.21 bits per heavy atom. The highest BCUT2D eigenvalue weighted by atomic mass is 16.5. The van der Waals surface area contributed by atoms with Gasteiger partial charge in [0, 0.05) is 5.69 Å². The SMILES string of the molecule is CCOC(=O)c1c(C)[nH]c(C(=O)/C(C#N)=C/c2ccc(OCC(=O)O)cc2)c1C. The largest absolute Gasteiger partial charge is 0.482 e. The van der Waals surface area contributed by atoms with Gasteiger partial charge in [-0.15, -0.1) is 0 Å². The standard InChI is InChI=1S/C21H20N2O6/c1-4-28-21(27)18-12(2)19(23-13(18)3)20(26)15(10-22)9-14-5-7-16(8-6-14)29-11-17(24)25/h5-9,23H,4,11H2,1-3H3,(H,24,25)/b15-9+. The summed E-state index contributed by atoms with van der Waals surface area (Å²) in [5, 5.41) is 18.1. The zero-order valence-electron chi connectivity index (χ0n) is 16.2. The maximum Gasteiger partial charge on any atom is 0.341 e. The minimum atomic E-state index is -1.09. The first kappa shape index (κ1) is 21.4. The molecule has 2 aromatic rings. The average molecular weight is 396 g/mol. The third-order valence-corrected chi connectivity index (χ3v) is 4.06. The number of nitriles is 1. The van der Waals surface area contributed by atoms with Crippen molar-refractivity contribution in [2.45, 2.75) is 20.8 Å². The molecule has 2 N–H and O–H groups in total. The number of carbonyl (C=O) groups excluding carboxylic acids is 2. The topological polar surface area (TPSA) is 129 Å². The molecule has 0 spiro atoms. The van der Waals surface area contributed by atoms with Gasteiger partial charge >= 0.3 is 11.9 Å². The van der Waals surface area contributed by atoms with Gasteiger partial charge in [0.1, 0.15) is 17.4 Å². The highest BCUT2D eigenvalue weighted by Gasteiger charge is 2.24. The van der Waals surface area contributed by atoms with Gasteiger partial charge in [-0.05, 0) is 50.1 Å². The maximum atomic E-state index is 12.8. The van der Waals surface area contributed by atoms with E-state index in [9.17, 15) is 19.6 Å². The van der Waals surface area contributed by atoms with E-state index in [1.54, 1.807) is 32.9 Å². The summed E-state index contributed by atoms with van der Waals surface area (Å²) in [4.78, 5) is 38.3. The summed E-state index contributed by atoms with van der Waals surface area (Å²) in [6.07, 6.45) is 1.41. The van der Waals surface area contributed by atoms with Crippen LogP contribution in [0.4, 0.5) is 0 Å². The first-order valence-corrected chi connectivity index (χ1v) is 8.75. The highest BCUT2D eigenvalue weighted by molar-refractivity contribution is 6.15. The highest BCUT2D eigenvalue weighted by Crippen LogP contribution is 2.23. The fourth-order valence-electron chi connectivity index (χ4n) is 2.74. The van der Waals surface area contributed by atoms with Gasteiger partial charge in [0.25, 0.3) is 0 Å². The second-order valence-electron chi connectivity index (χ2n) is 6.10. The second kappa shape index (κ2) is 9.37. The number of aromatic nitrogens is 1. The first-order chi connectivity index (χ1) is 13.8. The van der Waals surface area contributed by atoms with Crippen molar-refractivity contribution < 1.29 is 29.0 Å². The number of hydrogen-bond donors (Lipinski definition) is 2. The Balaban J connectivity index is 2.29. The molecule has 8 heteroatoms. The molecule has 2 rings (SSSR count). The minimum absolute atomic E-state index is 0.121. The molecule has 8 nitrogen and oxygen atoms in total. The molecule has 29 heavy (non-hydrogen) atoms. The Kier molecular flexibility index (Phi) is 6.93. The number of rotatable bonds is 8. The summed E-state index contributed by atoms with van der Waals surface area (Å²) in [6, 6.07) is 8.15. The number of aliphatic carboxylic acids is 1. The molecule has 1 heterocycles. The van der Waals surface area contributed by atoms with Gasteiger partial charge in [0.15, 0.2) is 6.61 Å². The van der Waals surface area contributed by atoms with E-state index in [0.717, 1.165) is 0 Å². The number of allylic oxidation sites excluding steroid dienone is 1. The predicted octanol–water partition coefficient (Wildman–Crippen LogP) is 3.06. The van der Waals surface area contributed by atoms with Gasteiger partial charge in [-0.25, -0.2) is 9.59 Å². The molecule has 1 aromatic heterocycles. The summed E-state index contributed by atoms with van der Waals surface area (Å²) in [7, 11) is 0. The van der Waals surface area contributed by atoms with E-state index < -0.39 is 24.3 Å². The van der Waals surface area contributed by atoms with E-state index in [1.807, 2.05) is 6.07 Å². The lowest BCUT2D eigenvalue weighted by Gasteiger charge is -2.04. The van der Waals surface area contributed by atoms with Crippen LogP contribution in [0, 0.1) is 25.2 Å². The number of benzene rings is 1. The number of aromatic amines is 1. The lowest BCUT2D eigenvalue weighted by molar-refractivity contribution is -0.139. The minimum Gasteiger partial charge on any atom is -0.482 e. The third-order valence-electron chi connectivity index (χ3n) is 4.06. The van der Waals surface area contributed by atoms with E-state index in [2.05, 4.69) is 4.98 Å². The molecule has 0 saturated heterocycles. The number of Topliss-reactive ketones (excluding diaryl/α,β-unsaturated/α-hetero) is 1. The van der Waals surface area contributed by atoms with Gasteiger partial charge in [0.2, 0.25) is 5.78 Å². The van der Waals surface area contributed by atoms with Crippen molar-refractivity contribution in [1.29, 1.82) is 5.26 Å². The molecule has 1 aromatic carbocycles. The number of H-pyrrole nitrogens is 1. The summed E-state index contributed by atoms with van der Waals surface area (Å²) >= 11 is 0. The Morgan fingerprint density at radius 2 is 1.86 bits per heavy atom. The number of nitrogens with zero attached hydrogens (tertiary/aromatic N) is 1. The molecule has 0 amide bonds. The van der Waals surface area contributed by atoms with Crippen molar-refractivity contribution in [3.63, 3.8) is 0 Å². The van der Waals surface area contributed by atoms with Crippen LogP contribution in [0.1, 0.15) is 44.6 Å². The molecule has 0 fully saturated rings. The molecule has 0 unspecified atom stereocenters. The van der Waals surface area contributed by atoms with Crippen LogP contribution in [0.2, 0.25) is 0 Å². The van der Waals surface area contributed by atoms with Gasteiger partial charge in [-0.2, -0.15) is 5.26 Å². The lowest BCUT2D eigenvalue weighted by atomic mass is 10.0. The van der Waals surface area contributed by atoms with Crippen LogP contribution in [-0.4, -0.2) is 41.0 Å². The maximum absolute atomic E-state index is 12.8. The van der Waals surface area contributed by atoms with Crippen LogP contribution in [0.3, 0.4) is 0 Å². The fraction of sp³-hybridized carbons (Fsp3) is 0.238. The van der Waals surface area contributed by atoms with Crippen LogP contribution in [0.25, 0.3) is 6.08 Å². The molecule has 0 atom stereocenters. The Bertz CT molecular complexity index is 1010. The van der Waals surface area contributed by atoms with Crippen LogP contribution in [0.15, 0.2) is 29.8 Å². The van der Waals surface area contributed by atoms with Gasteiger partial charge < -0.3 is 19.6 Å². The van der Waals surface area contributed by atoms with Gasteiger partial charge in [-0.3, -0.25) is 4.79 Å². The summed E-state index contributed by atoms with van der Waals surface area (Å²) in [5.74, 6) is -1.82. The summed E-state index contributed by atoms with van der Waals surface area (Å²) in [5.41, 5.74) is 1.78. The molecule has 0 radical (unpaired) electrons. The van der Waals surface area contributed by atoms with Gasteiger partial charge in [-0.1, -0.05) is 12.1 Å². The molecular weight excluding hydrogens is 376 g/mol. The average Bonchev–Trinajstić information content (AvgIpc) is 2.99. The number of carbonyl (C=O) groups is 3. The number of carboxylic acid groups (broad SMARTS) is 1. The van der Waals surface area contributed by atoms with E-state index in [0.29, 0.717) is 22.6 Å². The van der Waals surface area contributed by atoms with Crippen molar-refractivity contribution in [1.82, 2.24) is 4.98 Å². The van der Waals surface area contributed by atoms with Crippen LogP contribution in [0.5, 0.6) is 5.75 Å². The zero-order valence-corrected chi connectivity index (χ0v) is 16.2. The predicted molar refractivity (Wildman–Crippen MR) is 104 cm³/mol. The third kappa shape index (κ3) is 5.11. The van der Waals surface area contributed by atoms with Crippen molar-refractivity contribution >= 4 is 23.8 Å². The molecule has 150 valence electrons. The van der Waals surface area contributed by atoms with E-state index in [-0.39, 0.29) is 23.4 Å². The Hall–Kier alpha value is -3.86. The molecule has 0 bridgehead atoms. The summed E-state index contributed by atoms with van der Waals surface area (Å²) < 4.78 is 10.1. The van der Waals surface area contributed by atoms with E-state index in [1.165, 1.54) is 18.2 Å². The quantitative estimate of drug-likeness (QED) is 0.303. The van der Waals surface area contributed by atoms with Crippen molar-refractivity contribution in [3.8, 4) is 11.8 Å². The monoisotopic (exact) mass is 396 g/mol. The van der Waals surface area contributed by atoms with Crippen molar-refractivity contribution in [2.24, 2.45) is 0 Å². The number of carboxylic acids is 1. The van der Waals surface area contributed by atoms with Crippen molar-refractivity contribution in [3.05, 3.63) is 57.9 Å².